The fourth-order valence-electron chi connectivity index (χ4n) is 2.34. The molecule has 0 saturated carbocycles. The molecule has 3 rings (SSSR count). The molecule has 0 amide bonds. The van der Waals surface area contributed by atoms with E-state index in [9.17, 15) is 9.65 Å². The summed E-state index contributed by atoms with van der Waals surface area (Å²) in [5.74, 6) is -0.592. The fraction of sp³-hybridized carbons (Fsp3) is 0.0667. The second kappa shape index (κ2) is 4.62. The van der Waals surface area contributed by atoms with Crippen molar-refractivity contribution in [3.05, 3.63) is 52.9 Å². The fourth-order valence-corrected chi connectivity index (χ4v) is 2.60. The summed E-state index contributed by atoms with van der Waals surface area (Å²) in [5, 5.41) is 14.6. The summed E-state index contributed by atoms with van der Waals surface area (Å²) in [6, 6.07) is 10.8. The Bertz CT molecular complexity index is 861. The van der Waals surface area contributed by atoms with Gasteiger partial charge in [-0.25, -0.2) is 4.39 Å². The molecule has 0 aliphatic rings. The van der Waals surface area contributed by atoms with Gasteiger partial charge in [-0.3, -0.25) is 4.68 Å². The molecule has 5 heteroatoms. The highest BCUT2D eigenvalue weighted by Gasteiger charge is 2.21. The van der Waals surface area contributed by atoms with Crippen LogP contribution in [0, 0.1) is 17.1 Å². The molecule has 0 bridgehead atoms. The lowest BCUT2D eigenvalue weighted by Gasteiger charge is -2.11. The van der Waals surface area contributed by atoms with Crippen LogP contribution in [0.4, 0.5) is 4.39 Å². The van der Waals surface area contributed by atoms with Crippen LogP contribution in [0.1, 0.15) is 5.56 Å². The molecule has 3 aromatic rings. The minimum Gasteiger partial charge on any atom is -0.268 e. The quantitative estimate of drug-likeness (QED) is 0.680. The first-order chi connectivity index (χ1) is 9.65. The van der Waals surface area contributed by atoms with Crippen LogP contribution in [0.2, 0.25) is 5.02 Å². The Labute approximate surface area is 119 Å². The van der Waals surface area contributed by atoms with E-state index in [0.29, 0.717) is 16.5 Å². The first-order valence-electron chi connectivity index (χ1n) is 5.93. The molecule has 3 nitrogen and oxygen atoms in total. The van der Waals surface area contributed by atoms with Gasteiger partial charge >= 0.3 is 0 Å². The lowest BCUT2D eigenvalue weighted by Crippen LogP contribution is -2.00. The van der Waals surface area contributed by atoms with E-state index >= 15 is 0 Å². The van der Waals surface area contributed by atoms with Gasteiger partial charge in [0, 0.05) is 24.0 Å². The van der Waals surface area contributed by atoms with Gasteiger partial charge in [0.05, 0.1) is 21.8 Å². The van der Waals surface area contributed by atoms with Crippen LogP contribution in [0.3, 0.4) is 0 Å². The zero-order valence-electron chi connectivity index (χ0n) is 10.6. The molecule has 1 heterocycles. The van der Waals surface area contributed by atoms with Crippen LogP contribution >= 0.6 is 11.6 Å². The Hall–Kier alpha value is -2.38. The van der Waals surface area contributed by atoms with E-state index in [2.05, 4.69) is 11.2 Å². The normalized spacial score (nSPS) is 10.7. The molecule has 2 aromatic carbocycles. The number of fused-ring (bicyclic) bond motifs is 1. The summed E-state index contributed by atoms with van der Waals surface area (Å²) < 4.78 is 16.1. The zero-order valence-corrected chi connectivity index (χ0v) is 11.3. The second-order valence-corrected chi connectivity index (χ2v) is 4.75. The van der Waals surface area contributed by atoms with Gasteiger partial charge in [-0.2, -0.15) is 10.4 Å². The molecule has 1 aromatic heterocycles. The standard InChI is InChI=1S/C15H9ClFN3/c1-20-12(6-7-19-20)13-11(8-18)9-4-2-3-5-10(9)14(16)15(13)17/h2-7H,1H3. The molecule has 0 radical (unpaired) electrons. The van der Waals surface area contributed by atoms with Crippen molar-refractivity contribution >= 4 is 22.4 Å². The lowest BCUT2D eigenvalue weighted by atomic mass is 9.97. The van der Waals surface area contributed by atoms with Crippen molar-refractivity contribution < 1.29 is 4.39 Å². The average Bonchev–Trinajstić information content (AvgIpc) is 2.88. The van der Waals surface area contributed by atoms with Gasteiger partial charge in [-0.1, -0.05) is 35.9 Å². The molecular formula is C15H9ClFN3. The monoisotopic (exact) mass is 285 g/mol. The molecule has 0 atom stereocenters. The third-order valence-electron chi connectivity index (χ3n) is 3.28. The van der Waals surface area contributed by atoms with Crippen LogP contribution in [-0.4, -0.2) is 9.78 Å². The van der Waals surface area contributed by atoms with Gasteiger partial charge in [-0.05, 0) is 6.07 Å². The predicted octanol–water partition coefficient (Wildman–Crippen LogP) is 3.90. The number of aromatic nitrogens is 2. The smallest absolute Gasteiger partial charge is 0.153 e. The Morgan fingerprint density at radius 2 is 1.95 bits per heavy atom. The Morgan fingerprint density at radius 1 is 1.25 bits per heavy atom. The molecule has 0 spiro atoms. The predicted molar refractivity (Wildman–Crippen MR) is 75.8 cm³/mol. The van der Waals surface area contributed by atoms with Gasteiger partial charge in [0.2, 0.25) is 0 Å². The van der Waals surface area contributed by atoms with Crippen molar-refractivity contribution in [3.63, 3.8) is 0 Å². The van der Waals surface area contributed by atoms with Crippen molar-refractivity contribution in [2.45, 2.75) is 0 Å². The molecule has 0 aliphatic carbocycles. The molecule has 0 unspecified atom stereocenters. The maximum Gasteiger partial charge on any atom is 0.153 e. The van der Waals surface area contributed by atoms with E-state index < -0.39 is 5.82 Å². The van der Waals surface area contributed by atoms with E-state index in [1.165, 1.54) is 4.68 Å². The Morgan fingerprint density at radius 3 is 2.55 bits per heavy atom. The molecule has 0 saturated heterocycles. The SMILES string of the molecule is Cn1nccc1-c1c(F)c(Cl)c2ccccc2c1C#N. The third-order valence-corrected chi connectivity index (χ3v) is 3.65. The van der Waals surface area contributed by atoms with Gasteiger partial charge in [0.25, 0.3) is 0 Å². The van der Waals surface area contributed by atoms with Crippen LogP contribution in [0.15, 0.2) is 36.5 Å². The summed E-state index contributed by atoms with van der Waals surface area (Å²) in [6.45, 7) is 0. The minimum absolute atomic E-state index is 0.0239. The van der Waals surface area contributed by atoms with Gasteiger partial charge in [0.1, 0.15) is 6.07 Å². The van der Waals surface area contributed by atoms with Crippen molar-refractivity contribution in [2.24, 2.45) is 7.05 Å². The van der Waals surface area contributed by atoms with Crippen molar-refractivity contribution in [1.82, 2.24) is 9.78 Å². The summed E-state index contributed by atoms with van der Waals surface area (Å²) in [6.07, 6.45) is 1.55. The molecule has 0 fully saturated rings. The van der Waals surface area contributed by atoms with E-state index in [1.54, 1.807) is 43.6 Å². The van der Waals surface area contributed by atoms with Crippen LogP contribution in [0.5, 0.6) is 0 Å². The summed E-state index contributed by atoms with van der Waals surface area (Å²) >= 11 is 6.12. The molecule has 20 heavy (non-hydrogen) atoms. The number of halogens is 2. The highest BCUT2D eigenvalue weighted by molar-refractivity contribution is 6.36. The first-order valence-corrected chi connectivity index (χ1v) is 6.31. The number of hydrogen-bond donors (Lipinski definition) is 0. The summed E-state index contributed by atoms with van der Waals surface area (Å²) in [7, 11) is 1.69. The van der Waals surface area contributed by atoms with Crippen LogP contribution in [-0.2, 0) is 7.05 Å². The molecule has 98 valence electrons. The zero-order chi connectivity index (χ0) is 14.3. The summed E-state index contributed by atoms with van der Waals surface area (Å²) in [4.78, 5) is 0. The highest BCUT2D eigenvalue weighted by atomic mass is 35.5. The largest absolute Gasteiger partial charge is 0.268 e. The highest BCUT2D eigenvalue weighted by Crippen LogP contribution is 2.37. The van der Waals surface area contributed by atoms with Gasteiger partial charge in [0.15, 0.2) is 5.82 Å². The van der Waals surface area contributed by atoms with Crippen molar-refractivity contribution in [3.8, 4) is 17.3 Å². The van der Waals surface area contributed by atoms with E-state index in [-0.39, 0.29) is 16.1 Å². The molecule has 0 aliphatic heterocycles. The Kier molecular flexibility index (Phi) is 2.92. The number of nitrogens with zero attached hydrogens (tertiary/aromatic N) is 3. The number of nitriles is 1. The number of aryl methyl sites for hydroxylation is 1. The van der Waals surface area contributed by atoms with E-state index in [0.717, 1.165) is 0 Å². The summed E-state index contributed by atoms with van der Waals surface area (Å²) in [5.41, 5.74) is 0.981. The number of benzene rings is 2. The van der Waals surface area contributed by atoms with Gasteiger partial charge < -0.3 is 0 Å². The maximum absolute atomic E-state index is 14.6. The first kappa shape index (κ1) is 12.6. The Balaban J connectivity index is 2.53. The molecule has 0 N–H and O–H groups in total. The second-order valence-electron chi connectivity index (χ2n) is 4.38. The maximum atomic E-state index is 14.6. The topological polar surface area (TPSA) is 41.6 Å². The number of rotatable bonds is 1. The van der Waals surface area contributed by atoms with Crippen LogP contribution < -0.4 is 0 Å². The lowest BCUT2D eigenvalue weighted by molar-refractivity contribution is 0.630. The van der Waals surface area contributed by atoms with Crippen LogP contribution in [0.25, 0.3) is 22.0 Å². The van der Waals surface area contributed by atoms with E-state index in [1.807, 2.05) is 0 Å². The van der Waals surface area contributed by atoms with Crippen molar-refractivity contribution in [1.29, 1.82) is 5.26 Å². The number of hydrogen-bond acceptors (Lipinski definition) is 2. The van der Waals surface area contributed by atoms with E-state index in [4.69, 9.17) is 11.6 Å². The van der Waals surface area contributed by atoms with Gasteiger partial charge in [-0.15, -0.1) is 0 Å². The van der Waals surface area contributed by atoms with Crippen molar-refractivity contribution in [2.75, 3.05) is 0 Å². The average molecular weight is 286 g/mol. The minimum atomic E-state index is -0.592. The molecular weight excluding hydrogens is 277 g/mol. The third kappa shape index (κ3) is 1.68.